The first-order valence-electron chi connectivity index (χ1n) is 7.83. The van der Waals surface area contributed by atoms with E-state index in [4.69, 9.17) is 11.6 Å². The largest absolute Gasteiger partial charge is 0.506 e. The summed E-state index contributed by atoms with van der Waals surface area (Å²) in [4.78, 5) is 0. The lowest BCUT2D eigenvalue weighted by atomic mass is 9.45. The van der Waals surface area contributed by atoms with Crippen LogP contribution in [0.1, 0.15) is 50.2 Å². The van der Waals surface area contributed by atoms with Crippen LogP contribution in [-0.2, 0) is 11.8 Å². The van der Waals surface area contributed by atoms with Gasteiger partial charge in [0.1, 0.15) is 5.75 Å². The first kappa shape index (κ1) is 13.0. The molecule has 1 aliphatic heterocycles. The van der Waals surface area contributed by atoms with Crippen LogP contribution in [0.3, 0.4) is 0 Å². The topological polar surface area (TPSA) is 32.3 Å². The van der Waals surface area contributed by atoms with E-state index in [0.717, 1.165) is 19.4 Å². The van der Waals surface area contributed by atoms with Crippen molar-refractivity contribution >= 4 is 11.6 Å². The van der Waals surface area contributed by atoms with Crippen molar-refractivity contribution in [3.63, 3.8) is 0 Å². The zero-order valence-electron chi connectivity index (χ0n) is 12.0. The summed E-state index contributed by atoms with van der Waals surface area (Å²) in [6.07, 6.45) is 7.30. The lowest BCUT2D eigenvalue weighted by Crippen LogP contribution is -2.65. The molecule has 2 N–H and O–H groups in total. The van der Waals surface area contributed by atoms with Gasteiger partial charge in [0.25, 0.3) is 0 Å². The van der Waals surface area contributed by atoms with Gasteiger partial charge in [0.2, 0.25) is 0 Å². The van der Waals surface area contributed by atoms with Crippen molar-refractivity contribution in [2.24, 2.45) is 5.41 Å². The predicted molar refractivity (Wildman–Crippen MR) is 81.5 cm³/mol. The van der Waals surface area contributed by atoms with Gasteiger partial charge in [-0.3, -0.25) is 0 Å². The van der Waals surface area contributed by atoms with Crippen molar-refractivity contribution < 1.29 is 5.11 Å². The predicted octanol–water partition coefficient (Wildman–Crippen LogP) is 3.78. The second-order valence-electron chi connectivity index (χ2n) is 7.10. The zero-order valence-corrected chi connectivity index (χ0v) is 12.8. The van der Waals surface area contributed by atoms with Gasteiger partial charge in [0.15, 0.2) is 0 Å². The van der Waals surface area contributed by atoms with Gasteiger partial charge in [-0.05, 0) is 54.8 Å². The molecule has 3 aliphatic rings. The fraction of sp³-hybridized carbons (Fsp3) is 0.647. The molecule has 1 saturated carbocycles. The van der Waals surface area contributed by atoms with Gasteiger partial charge < -0.3 is 10.4 Å². The Labute approximate surface area is 125 Å². The molecule has 0 radical (unpaired) electrons. The van der Waals surface area contributed by atoms with E-state index >= 15 is 0 Å². The Morgan fingerprint density at radius 1 is 1.25 bits per heavy atom. The molecule has 1 saturated heterocycles. The fourth-order valence-corrected chi connectivity index (χ4v) is 5.76. The number of hydrogen-bond acceptors (Lipinski definition) is 2. The molecule has 0 amide bonds. The fourth-order valence-electron chi connectivity index (χ4n) is 5.39. The minimum Gasteiger partial charge on any atom is -0.506 e. The Hall–Kier alpha value is -0.730. The smallest absolute Gasteiger partial charge is 0.134 e. The van der Waals surface area contributed by atoms with Crippen LogP contribution in [0.15, 0.2) is 12.1 Å². The van der Waals surface area contributed by atoms with Gasteiger partial charge >= 0.3 is 0 Å². The molecule has 1 aromatic carbocycles. The second-order valence-corrected chi connectivity index (χ2v) is 7.48. The third-order valence-corrected chi connectivity index (χ3v) is 6.85. The Balaban J connectivity index is 2.01. The van der Waals surface area contributed by atoms with Gasteiger partial charge in [-0.2, -0.15) is 0 Å². The first-order valence-corrected chi connectivity index (χ1v) is 8.20. The molecular weight excluding hydrogens is 270 g/mol. The quantitative estimate of drug-likeness (QED) is 0.762. The molecule has 108 valence electrons. The van der Waals surface area contributed by atoms with Gasteiger partial charge in [-0.15, -0.1) is 0 Å². The van der Waals surface area contributed by atoms with E-state index < -0.39 is 0 Å². The van der Waals surface area contributed by atoms with Gasteiger partial charge in [-0.25, -0.2) is 0 Å². The maximum atomic E-state index is 10.1. The van der Waals surface area contributed by atoms with Crippen molar-refractivity contribution in [1.82, 2.24) is 5.32 Å². The van der Waals surface area contributed by atoms with Crippen LogP contribution < -0.4 is 5.32 Å². The number of piperidine rings is 1. The monoisotopic (exact) mass is 291 g/mol. The van der Waals surface area contributed by atoms with E-state index in [1.165, 1.54) is 36.8 Å². The number of fused-ring (bicyclic) bond motifs is 1. The van der Waals surface area contributed by atoms with Gasteiger partial charge in [0, 0.05) is 11.5 Å². The maximum absolute atomic E-state index is 10.1. The number of benzene rings is 1. The first-order chi connectivity index (χ1) is 9.58. The summed E-state index contributed by atoms with van der Waals surface area (Å²) in [6.45, 7) is 3.53. The number of phenolic OH excluding ortho intramolecular Hbond substituents is 1. The Morgan fingerprint density at radius 2 is 2.05 bits per heavy atom. The van der Waals surface area contributed by atoms with E-state index in [1.807, 2.05) is 0 Å². The number of aromatic hydroxyl groups is 1. The Morgan fingerprint density at radius 3 is 2.90 bits per heavy atom. The maximum Gasteiger partial charge on any atom is 0.134 e. The highest BCUT2D eigenvalue weighted by Gasteiger charge is 2.59. The van der Waals surface area contributed by atoms with Gasteiger partial charge in [-0.1, -0.05) is 37.4 Å². The number of nitrogens with one attached hydrogen (secondary N) is 1. The SMILES string of the molecule is C[C@]12CCCC[C@]13CCN[C@H]2Cc1ccc(O)c(Cl)c13. The molecule has 0 aromatic heterocycles. The second kappa shape index (κ2) is 4.14. The molecule has 3 atom stereocenters. The van der Waals surface area contributed by atoms with E-state index in [9.17, 15) is 5.11 Å². The van der Waals surface area contributed by atoms with Crippen LogP contribution in [0.5, 0.6) is 5.75 Å². The highest BCUT2D eigenvalue weighted by molar-refractivity contribution is 6.33. The zero-order chi connectivity index (χ0) is 14.0. The summed E-state index contributed by atoms with van der Waals surface area (Å²) < 4.78 is 0. The van der Waals surface area contributed by atoms with E-state index in [1.54, 1.807) is 6.07 Å². The molecule has 2 nitrogen and oxygen atoms in total. The average molecular weight is 292 g/mol. The lowest BCUT2D eigenvalue weighted by Gasteiger charge is -2.63. The van der Waals surface area contributed by atoms with Crippen LogP contribution in [0, 0.1) is 5.41 Å². The van der Waals surface area contributed by atoms with Crippen molar-refractivity contribution in [3.05, 3.63) is 28.3 Å². The Bertz CT molecular complexity index is 568. The molecule has 1 heterocycles. The molecule has 0 spiro atoms. The highest BCUT2D eigenvalue weighted by atomic mass is 35.5. The van der Waals surface area contributed by atoms with E-state index in [2.05, 4.69) is 18.3 Å². The molecule has 3 heteroatoms. The molecule has 2 fully saturated rings. The minimum atomic E-state index is 0.171. The van der Waals surface area contributed by atoms with Crippen molar-refractivity contribution in [1.29, 1.82) is 0 Å². The molecule has 4 rings (SSSR count). The number of rotatable bonds is 0. The van der Waals surface area contributed by atoms with Crippen LogP contribution in [0.4, 0.5) is 0 Å². The Kier molecular flexibility index (Phi) is 2.69. The normalized spacial score (nSPS) is 39.0. The van der Waals surface area contributed by atoms with Crippen LogP contribution >= 0.6 is 11.6 Å². The summed E-state index contributed by atoms with van der Waals surface area (Å²) in [7, 11) is 0. The number of halogens is 1. The van der Waals surface area contributed by atoms with E-state index in [-0.39, 0.29) is 16.6 Å². The van der Waals surface area contributed by atoms with Gasteiger partial charge in [0.05, 0.1) is 5.02 Å². The van der Waals surface area contributed by atoms with E-state index in [0.29, 0.717) is 11.1 Å². The number of hydrogen-bond donors (Lipinski definition) is 2. The third-order valence-electron chi connectivity index (χ3n) is 6.46. The molecule has 2 aliphatic carbocycles. The highest BCUT2D eigenvalue weighted by Crippen LogP contribution is 2.63. The summed E-state index contributed by atoms with van der Waals surface area (Å²) in [5.41, 5.74) is 3.09. The molecule has 0 unspecified atom stereocenters. The molecule has 2 bridgehead atoms. The van der Waals surface area contributed by atoms with Crippen molar-refractivity contribution in [2.45, 2.75) is 56.9 Å². The molecule has 1 aromatic rings. The molecule has 20 heavy (non-hydrogen) atoms. The van der Waals surface area contributed by atoms with Crippen molar-refractivity contribution in [2.75, 3.05) is 6.54 Å². The lowest BCUT2D eigenvalue weighted by molar-refractivity contribution is -0.0140. The summed E-state index contributed by atoms with van der Waals surface area (Å²) in [5.74, 6) is 0.254. The van der Waals surface area contributed by atoms with Crippen LogP contribution in [0.2, 0.25) is 5.02 Å². The standard InChI is InChI=1S/C17H22ClNO/c1-16-6-2-3-7-17(16)8-9-19-13(16)10-11-4-5-12(20)15(18)14(11)17/h4-5,13,19-20H,2-3,6-10H2,1H3/t13-,16+,17+/m0/s1. The molecular formula is C17H22ClNO. The van der Waals surface area contributed by atoms with Crippen molar-refractivity contribution in [3.8, 4) is 5.75 Å². The third kappa shape index (κ3) is 1.39. The minimum absolute atomic E-state index is 0.171. The summed E-state index contributed by atoms with van der Waals surface area (Å²) in [6, 6.07) is 4.41. The van der Waals surface area contributed by atoms with Crippen LogP contribution in [-0.4, -0.2) is 17.7 Å². The number of phenols is 1. The summed E-state index contributed by atoms with van der Waals surface area (Å²) >= 11 is 6.56. The summed E-state index contributed by atoms with van der Waals surface area (Å²) in [5, 5.41) is 14.5. The van der Waals surface area contributed by atoms with Crippen LogP contribution in [0.25, 0.3) is 0 Å². The average Bonchev–Trinajstić information content (AvgIpc) is 2.42.